The normalized spacial score (nSPS) is 17.4. The van der Waals surface area contributed by atoms with Crippen LogP contribution in [0.3, 0.4) is 0 Å². The fourth-order valence-corrected chi connectivity index (χ4v) is 3.08. The molecule has 0 spiro atoms. The highest BCUT2D eigenvalue weighted by Crippen LogP contribution is 2.21. The van der Waals surface area contributed by atoms with Crippen LogP contribution in [0.5, 0.6) is 0 Å². The van der Waals surface area contributed by atoms with E-state index in [1.807, 2.05) is 0 Å². The van der Waals surface area contributed by atoms with Gasteiger partial charge >= 0.3 is 0 Å². The van der Waals surface area contributed by atoms with Crippen LogP contribution in [0.15, 0.2) is 15.5 Å². The van der Waals surface area contributed by atoms with Gasteiger partial charge in [-0.1, -0.05) is 20.8 Å². The molecule has 0 saturated carbocycles. The van der Waals surface area contributed by atoms with Gasteiger partial charge in [-0.25, -0.2) is 4.68 Å². The van der Waals surface area contributed by atoms with Crippen molar-refractivity contribution in [1.82, 2.24) is 14.7 Å². The average molecular weight is 357 g/mol. The van der Waals surface area contributed by atoms with Crippen molar-refractivity contribution in [3.63, 3.8) is 0 Å². The van der Waals surface area contributed by atoms with Crippen molar-refractivity contribution in [2.24, 2.45) is 5.92 Å². The lowest BCUT2D eigenvalue weighted by atomic mass is 10.1. The van der Waals surface area contributed by atoms with Crippen molar-refractivity contribution in [2.75, 3.05) is 25.0 Å². The first-order chi connectivity index (χ1) is 10.0. The molecular weight excluding hydrogens is 332 g/mol. The van der Waals surface area contributed by atoms with Crippen molar-refractivity contribution >= 4 is 21.6 Å². The van der Waals surface area contributed by atoms with Crippen LogP contribution in [0, 0.1) is 5.92 Å². The summed E-state index contributed by atoms with van der Waals surface area (Å²) in [5.74, 6) is 0.402. The molecule has 0 amide bonds. The summed E-state index contributed by atoms with van der Waals surface area (Å²) in [4.78, 5) is 14.7. The molecule has 0 radical (unpaired) electrons. The van der Waals surface area contributed by atoms with Gasteiger partial charge < -0.3 is 10.2 Å². The third-order valence-electron chi connectivity index (χ3n) is 3.92. The van der Waals surface area contributed by atoms with Gasteiger partial charge in [-0.3, -0.25) is 4.79 Å². The third kappa shape index (κ3) is 4.30. The van der Waals surface area contributed by atoms with Gasteiger partial charge in [-0.2, -0.15) is 5.10 Å². The Kier molecular flexibility index (Phi) is 5.81. The molecule has 0 unspecified atom stereocenters. The molecule has 0 bridgehead atoms. The first-order valence-electron chi connectivity index (χ1n) is 7.75. The zero-order valence-corrected chi connectivity index (χ0v) is 14.7. The molecule has 1 aromatic rings. The van der Waals surface area contributed by atoms with Gasteiger partial charge in [0, 0.05) is 25.7 Å². The second kappa shape index (κ2) is 7.40. The quantitative estimate of drug-likeness (QED) is 0.880. The van der Waals surface area contributed by atoms with Gasteiger partial charge in [-0.15, -0.1) is 0 Å². The molecule has 0 aromatic carbocycles. The van der Waals surface area contributed by atoms with E-state index in [1.165, 1.54) is 4.68 Å². The topological polar surface area (TPSA) is 50.2 Å². The number of hydrogen-bond acceptors (Lipinski definition) is 4. The molecule has 0 aliphatic carbocycles. The summed E-state index contributed by atoms with van der Waals surface area (Å²) in [7, 11) is 0. The van der Waals surface area contributed by atoms with Crippen LogP contribution in [0.2, 0.25) is 0 Å². The monoisotopic (exact) mass is 356 g/mol. The van der Waals surface area contributed by atoms with E-state index < -0.39 is 0 Å². The summed E-state index contributed by atoms with van der Waals surface area (Å²) >= 11 is 3.43. The van der Waals surface area contributed by atoms with Crippen LogP contribution >= 0.6 is 15.9 Å². The molecule has 0 atom stereocenters. The molecule has 1 saturated heterocycles. The molecule has 1 aromatic heterocycles. The summed E-state index contributed by atoms with van der Waals surface area (Å²) in [6.07, 6.45) is 3.98. The molecular formula is C15H25BrN4O. The smallest absolute Gasteiger partial charge is 0.283 e. The molecule has 118 valence electrons. The molecule has 2 rings (SSSR count). The van der Waals surface area contributed by atoms with E-state index in [4.69, 9.17) is 0 Å². The van der Waals surface area contributed by atoms with Crippen molar-refractivity contribution in [3.05, 3.63) is 21.0 Å². The predicted octanol–water partition coefficient (Wildman–Crippen LogP) is 2.56. The molecule has 5 nitrogen and oxygen atoms in total. The second-order valence-electron chi connectivity index (χ2n) is 6.11. The van der Waals surface area contributed by atoms with Gasteiger partial charge in [-0.05, 0) is 41.2 Å². The Morgan fingerprint density at radius 1 is 1.43 bits per heavy atom. The minimum Gasteiger partial charge on any atom is -0.380 e. The van der Waals surface area contributed by atoms with E-state index in [0.717, 1.165) is 38.2 Å². The van der Waals surface area contributed by atoms with Gasteiger partial charge in [0.25, 0.3) is 5.56 Å². The summed E-state index contributed by atoms with van der Waals surface area (Å²) in [5.41, 5.74) is 0.759. The van der Waals surface area contributed by atoms with Gasteiger partial charge in [0.1, 0.15) is 4.47 Å². The number of aromatic nitrogens is 2. The molecule has 6 heteroatoms. The second-order valence-corrected chi connectivity index (χ2v) is 6.90. The number of hydrogen-bond donors (Lipinski definition) is 1. The van der Waals surface area contributed by atoms with Crippen molar-refractivity contribution in [1.29, 1.82) is 0 Å². The lowest BCUT2D eigenvalue weighted by Crippen LogP contribution is -2.39. The first-order valence-corrected chi connectivity index (χ1v) is 8.55. The third-order valence-corrected chi connectivity index (χ3v) is 4.68. The number of nitrogens with zero attached hydrogens (tertiary/aromatic N) is 3. The standard InChI is InChI=1S/C15H25BrN4O/c1-4-19-7-5-12(6-8-19)18-13-9-17-20(10-11(2)3)15(21)14(13)16/h9,11-12,18H,4-8,10H2,1-3H3. The Balaban J connectivity index is 2.04. The van der Waals surface area contributed by atoms with Crippen LogP contribution in [-0.4, -0.2) is 40.4 Å². The van der Waals surface area contributed by atoms with Gasteiger partial charge in [0.2, 0.25) is 0 Å². The lowest BCUT2D eigenvalue weighted by molar-refractivity contribution is 0.229. The van der Waals surface area contributed by atoms with Crippen LogP contribution in [-0.2, 0) is 6.54 Å². The molecule has 1 N–H and O–H groups in total. The van der Waals surface area contributed by atoms with E-state index in [1.54, 1.807) is 6.20 Å². The summed E-state index contributed by atoms with van der Waals surface area (Å²) in [6.45, 7) is 10.3. The van der Waals surface area contributed by atoms with E-state index >= 15 is 0 Å². The highest BCUT2D eigenvalue weighted by molar-refractivity contribution is 9.10. The fourth-order valence-electron chi connectivity index (χ4n) is 2.66. The van der Waals surface area contributed by atoms with Gasteiger partial charge in [0.05, 0.1) is 11.9 Å². The zero-order valence-electron chi connectivity index (χ0n) is 13.1. The fraction of sp³-hybridized carbons (Fsp3) is 0.733. The van der Waals surface area contributed by atoms with Crippen LogP contribution in [0.4, 0.5) is 5.69 Å². The largest absolute Gasteiger partial charge is 0.380 e. The highest BCUT2D eigenvalue weighted by Gasteiger charge is 2.19. The average Bonchev–Trinajstić information content (AvgIpc) is 2.47. The van der Waals surface area contributed by atoms with E-state index in [-0.39, 0.29) is 5.56 Å². The lowest BCUT2D eigenvalue weighted by Gasteiger charge is -2.32. The van der Waals surface area contributed by atoms with Crippen LogP contribution in [0.25, 0.3) is 0 Å². The highest BCUT2D eigenvalue weighted by atomic mass is 79.9. The number of halogens is 1. The number of rotatable bonds is 5. The molecule has 1 aliphatic rings. The predicted molar refractivity (Wildman–Crippen MR) is 89.8 cm³/mol. The molecule has 1 aliphatic heterocycles. The van der Waals surface area contributed by atoms with Crippen molar-refractivity contribution < 1.29 is 0 Å². The summed E-state index contributed by atoms with van der Waals surface area (Å²) in [6, 6.07) is 0.422. The number of anilines is 1. The Morgan fingerprint density at radius 3 is 2.67 bits per heavy atom. The number of likely N-dealkylation sites (tertiary alicyclic amines) is 1. The Bertz CT molecular complexity index is 521. The summed E-state index contributed by atoms with van der Waals surface area (Å²) in [5, 5.41) is 7.74. The maximum Gasteiger partial charge on any atom is 0.283 e. The number of piperidine rings is 1. The van der Waals surface area contributed by atoms with E-state index in [0.29, 0.717) is 23.0 Å². The minimum absolute atomic E-state index is 0.0558. The Labute approximate surface area is 134 Å². The first kappa shape index (κ1) is 16.5. The Morgan fingerprint density at radius 2 is 2.10 bits per heavy atom. The van der Waals surface area contributed by atoms with Crippen LogP contribution < -0.4 is 10.9 Å². The maximum absolute atomic E-state index is 12.3. The van der Waals surface area contributed by atoms with Crippen molar-refractivity contribution in [3.8, 4) is 0 Å². The number of nitrogens with one attached hydrogen (secondary N) is 1. The Hall–Kier alpha value is -0.880. The zero-order chi connectivity index (χ0) is 15.4. The van der Waals surface area contributed by atoms with Gasteiger partial charge in [0.15, 0.2) is 0 Å². The van der Waals surface area contributed by atoms with Crippen molar-refractivity contribution in [2.45, 2.75) is 46.2 Å². The summed E-state index contributed by atoms with van der Waals surface area (Å²) < 4.78 is 2.12. The maximum atomic E-state index is 12.3. The SMILES string of the molecule is CCN1CCC(Nc2cnn(CC(C)C)c(=O)c2Br)CC1. The molecule has 1 fully saturated rings. The van der Waals surface area contributed by atoms with E-state index in [2.05, 4.69) is 52.0 Å². The van der Waals surface area contributed by atoms with E-state index in [9.17, 15) is 4.79 Å². The molecule has 21 heavy (non-hydrogen) atoms. The minimum atomic E-state index is -0.0558. The van der Waals surface area contributed by atoms with Crippen LogP contribution in [0.1, 0.15) is 33.6 Å². The molecule has 2 heterocycles.